The monoisotopic (exact) mass is 566 g/mol. The lowest BCUT2D eigenvalue weighted by molar-refractivity contribution is -0.910. The summed E-state index contributed by atoms with van der Waals surface area (Å²) in [7, 11) is 3.87. The number of methoxy groups -OCH3 is 1. The van der Waals surface area contributed by atoms with Gasteiger partial charge in [-0.2, -0.15) is 0 Å². The van der Waals surface area contributed by atoms with Gasteiger partial charge in [0.1, 0.15) is 30.4 Å². The predicted octanol–water partition coefficient (Wildman–Crippen LogP) is 8.03. The lowest BCUT2D eigenvalue weighted by atomic mass is 9.82. The van der Waals surface area contributed by atoms with Crippen molar-refractivity contribution in [1.29, 1.82) is 0 Å². The second-order valence-corrected chi connectivity index (χ2v) is 12.1. The molecule has 0 fully saturated rings. The van der Waals surface area contributed by atoms with Crippen molar-refractivity contribution in [2.45, 2.75) is 97.8 Å². The molecule has 0 heterocycles. The number of unbranched alkanes of at least 4 members (excludes halogenated alkanes) is 10. The zero-order valence-electron chi connectivity index (χ0n) is 26.2. The summed E-state index contributed by atoms with van der Waals surface area (Å²) in [5.74, 6) is -0.0520. The Labute approximate surface area is 247 Å². The van der Waals surface area contributed by atoms with E-state index in [1.165, 1.54) is 83.1 Å². The van der Waals surface area contributed by atoms with Gasteiger partial charge in [0.05, 0.1) is 38.4 Å². The number of fused-ring (bicyclic) bond motifs is 2. The molecule has 226 valence electrons. The quantitative estimate of drug-likeness (QED) is 0.117. The summed E-state index contributed by atoms with van der Waals surface area (Å²) in [4.78, 5) is 27.1. The Bertz CT molecular complexity index is 1160. The molecule has 41 heavy (non-hydrogen) atoms. The number of phenols is 1. The van der Waals surface area contributed by atoms with E-state index in [1.54, 1.807) is 32.2 Å². The van der Waals surface area contributed by atoms with Gasteiger partial charge in [0.2, 0.25) is 5.78 Å². The number of benzene rings is 2. The number of aromatic hydroxyl groups is 1. The zero-order chi connectivity index (χ0) is 29.8. The summed E-state index contributed by atoms with van der Waals surface area (Å²) in [6.07, 6.45) is 15.3. The number of phenolic OH excluding ortho intramolecular Hbond substituents is 1. The predicted molar refractivity (Wildman–Crippen MR) is 166 cm³/mol. The van der Waals surface area contributed by atoms with Crippen LogP contribution >= 0.6 is 0 Å². The second-order valence-electron chi connectivity index (χ2n) is 12.1. The van der Waals surface area contributed by atoms with Gasteiger partial charge in [0.15, 0.2) is 5.78 Å². The van der Waals surface area contributed by atoms with Crippen LogP contribution in [0.4, 0.5) is 0 Å². The van der Waals surface area contributed by atoms with Crippen LogP contribution in [0.3, 0.4) is 0 Å². The molecular weight excluding hydrogens is 514 g/mol. The third-order valence-electron chi connectivity index (χ3n) is 8.51. The number of ketones is 2. The Morgan fingerprint density at radius 3 is 1.85 bits per heavy atom. The van der Waals surface area contributed by atoms with Crippen LogP contribution < -0.4 is 9.47 Å². The highest BCUT2D eigenvalue weighted by Crippen LogP contribution is 2.40. The average molecular weight is 567 g/mol. The van der Waals surface area contributed by atoms with E-state index in [0.29, 0.717) is 18.1 Å². The van der Waals surface area contributed by atoms with Gasteiger partial charge >= 0.3 is 0 Å². The van der Waals surface area contributed by atoms with Crippen molar-refractivity contribution >= 4 is 11.6 Å². The number of likely N-dealkylation sites (N-methyl/N-ethyl adjacent to an activating group) is 1. The fraction of sp³-hybridized carbons (Fsp3) is 0.600. The molecule has 0 saturated heterocycles. The van der Waals surface area contributed by atoms with E-state index < -0.39 is 0 Å². The molecule has 0 spiro atoms. The number of nitrogens with zero attached hydrogens (tertiary/aromatic N) is 1. The van der Waals surface area contributed by atoms with Crippen LogP contribution in [0.25, 0.3) is 0 Å². The first kappa shape index (κ1) is 32.7. The van der Waals surface area contributed by atoms with E-state index in [0.717, 1.165) is 29.7 Å². The third-order valence-corrected chi connectivity index (χ3v) is 8.51. The molecule has 1 aliphatic carbocycles. The van der Waals surface area contributed by atoms with Crippen LogP contribution in [0, 0.1) is 6.92 Å². The van der Waals surface area contributed by atoms with Gasteiger partial charge < -0.3 is 19.1 Å². The number of carbonyl (C=O) groups excluding carboxylic acids is 2. The molecule has 0 bridgehead atoms. The highest BCUT2D eigenvalue weighted by Gasteiger charge is 2.36. The molecule has 0 aliphatic heterocycles. The first-order chi connectivity index (χ1) is 19.7. The number of hydrogen-bond acceptors (Lipinski definition) is 5. The second kappa shape index (κ2) is 16.0. The lowest BCUT2D eigenvalue weighted by Gasteiger charge is -2.35. The molecule has 2 aromatic carbocycles. The lowest BCUT2D eigenvalue weighted by Crippen LogP contribution is -2.48. The van der Waals surface area contributed by atoms with Crippen molar-refractivity contribution < 1.29 is 28.7 Å². The van der Waals surface area contributed by atoms with Crippen molar-refractivity contribution in [3.8, 4) is 17.2 Å². The number of quaternary nitrogens is 1. The Kier molecular flexibility index (Phi) is 12.7. The number of hydrogen-bond donors (Lipinski definition) is 1. The molecule has 0 unspecified atom stereocenters. The highest BCUT2D eigenvalue weighted by molar-refractivity contribution is 6.30. The van der Waals surface area contributed by atoms with Crippen molar-refractivity contribution in [1.82, 2.24) is 0 Å². The van der Waals surface area contributed by atoms with Gasteiger partial charge in [-0.3, -0.25) is 9.59 Å². The third kappa shape index (κ3) is 8.81. The van der Waals surface area contributed by atoms with Gasteiger partial charge in [-0.15, -0.1) is 0 Å². The van der Waals surface area contributed by atoms with E-state index in [1.807, 2.05) is 0 Å². The summed E-state index contributed by atoms with van der Waals surface area (Å²) in [6.45, 7) is 9.76. The minimum Gasteiger partial charge on any atom is -0.507 e. The number of carbonyl (C=O) groups is 2. The van der Waals surface area contributed by atoms with Gasteiger partial charge in [0, 0.05) is 17.2 Å². The summed E-state index contributed by atoms with van der Waals surface area (Å²) < 4.78 is 12.7. The largest absolute Gasteiger partial charge is 0.507 e. The molecule has 1 N–H and O–H groups in total. The van der Waals surface area contributed by atoms with Crippen molar-refractivity contribution in [3.05, 3.63) is 52.1 Å². The molecule has 1 aliphatic rings. The fourth-order valence-electron chi connectivity index (χ4n) is 5.95. The summed E-state index contributed by atoms with van der Waals surface area (Å²) in [5.41, 5.74) is 1.47. The average Bonchev–Trinajstić information content (AvgIpc) is 2.94. The topological polar surface area (TPSA) is 72.8 Å². The minimum atomic E-state index is -0.388. The zero-order valence-corrected chi connectivity index (χ0v) is 26.2. The van der Waals surface area contributed by atoms with Crippen molar-refractivity contribution in [2.24, 2.45) is 0 Å². The standard InChI is InChI=1S/C35H51NO5/c1-6-8-10-12-14-16-18-36(4,19-17-15-13-11-9-7-2)20-21-41-31-25-27(40-5)24-29-33(31)35(39)32-28(34(29)38)22-26(3)23-30(32)37/h22-25H,6-21H2,1-5H3/p+1. The summed E-state index contributed by atoms with van der Waals surface area (Å²) in [5, 5.41) is 10.6. The summed E-state index contributed by atoms with van der Waals surface area (Å²) in [6, 6.07) is 6.46. The molecule has 0 aromatic heterocycles. The highest BCUT2D eigenvalue weighted by atomic mass is 16.5. The van der Waals surface area contributed by atoms with Crippen LogP contribution in [-0.2, 0) is 0 Å². The van der Waals surface area contributed by atoms with Crippen LogP contribution in [0.2, 0.25) is 0 Å². The molecule has 0 atom stereocenters. The van der Waals surface area contributed by atoms with Gasteiger partial charge in [-0.05, 0) is 56.4 Å². The maximum Gasteiger partial charge on any atom is 0.201 e. The molecule has 6 nitrogen and oxygen atoms in total. The van der Waals surface area contributed by atoms with Gasteiger partial charge in [-0.1, -0.05) is 65.2 Å². The molecule has 2 aromatic rings. The van der Waals surface area contributed by atoms with E-state index in [4.69, 9.17) is 9.47 Å². The number of ether oxygens (including phenoxy) is 2. The van der Waals surface area contributed by atoms with Crippen LogP contribution in [-0.4, -0.2) is 61.6 Å². The Hall–Kier alpha value is -2.86. The Balaban J connectivity index is 1.74. The normalized spacial score (nSPS) is 12.8. The van der Waals surface area contributed by atoms with Gasteiger partial charge in [0.25, 0.3) is 0 Å². The van der Waals surface area contributed by atoms with E-state index in [2.05, 4.69) is 20.9 Å². The van der Waals surface area contributed by atoms with Crippen molar-refractivity contribution in [2.75, 3.05) is 40.4 Å². The number of rotatable bonds is 19. The smallest absolute Gasteiger partial charge is 0.201 e. The van der Waals surface area contributed by atoms with E-state index in [9.17, 15) is 14.7 Å². The molecule has 6 heteroatoms. The van der Waals surface area contributed by atoms with Gasteiger partial charge in [-0.25, -0.2) is 0 Å². The number of aryl methyl sites for hydroxylation is 1. The summed E-state index contributed by atoms with van der Waals surface area (Å²) >= 11 is 0. The van der Waals surface area contributed by atoms with Crippen LogP contribution in [0.15, 0.2) is 24.3 Å². The first-order valence-corrected chi connectivity index (χ1v) is 15.9. The Morgan fingerprint density at radius 2 is 1.27 bits per heavy atom. The SMILES string of the molecule is CCCCCCCC[N+](C)(CCCCCCCC)CCOc1cc(OC)cc2c1C(=O)c1c(O)cc(C)cc1C2=O. The maximum atomic E-state index is 13.6. The molecule has 0 saturated carbocycles. The first-order valence-electron chi connectivity index (χ1n) is 15.9. The molecule has 0 amide bonds. The van der Waals surface area contributed by atoms with Crippen LogP contribution in [0.5, 0.6) is 17.2 Å². The van der Waals surface area contributed by atoms with Crippen LogP contribution in [0.1, 0.15) is 128 Å². The molecule has 3 rings (SSSR count). The van der Waals surface area contributed by atoms with E-state index in [-0.39, 0.29) is 39.6 Å². The van der Waals surface area contributed by atoms with Crippen molar-refractivity contribution in [3.63, 3.8) is 0 Å². The maximum absolute atomic E-state index is 13.6. The minimum absolute atomic E-state index is 0.0508. The van der Waals surface area contributed by atoms with E-state index >= 15 is 0 Å². The fourth-order valence-corrected chi connectivity index (χ4v) is 5.95. The molecular formula is C35H52NO5+. The Morgan fingerprint density at radius 1 is 0.707 bits per heavy atom. The molecule has 0 radical (unpaired) electrons.